The molecule has 1 heterocycles. The fraction of sp³-hybridized carbons (Fsp3) is 0.417. The lowest BCUT2D eigenvalue weighted by atomic mass is 10.1. The highest BCUT2D eigenvalue weighted by Gasteiger charge is 2.35. The van der Waals surface area contributed by atoms with E-state index in [4.69, 9.17) is 5.73 Å². The molecule has 0 bridgehead atoms. The highest BCUT2D eigenvalue weighted by molar-refractivity contribution is 9.10. The van der Waals surface area contributed by atoms with Crippen molar-refractivity contribution in [2.75, 3.05) is 6.54 Å². The predicted molar refractivity (Wildman–Crippen MR) is 67.0 cm³/mol. The van der Waals surface area contributed by atoms with Crippen molar-refractivity contribution in [3.63, 3.8) is 0 Å². The van der Waals surface area contributed by atoms with Crippen LogP contribution in [0.2, 0.25) is 0 Å². The number of alkyl halides is 1. The average molecular weight is 319 g/mol. The van der Waals surface area contributed by atoms with Crippen LogP contribution in [0.15, 0.2) is 22.7 Å². The molecule has 0 spiro atoms. The zero-order chi connectivity index (χ0) is 13.3. The summed E-state index contributed by atoms with van der Waals surface area (Å²) in [6, 6.07) is 3.85. The Morgan fingerprint density at radius 1 is 1.50 bits per heavy atom. The van der Waals surface area contributed by atoms with Crippen molar-refractivity contribution in [2.45, 2.75) is 25.2 Å². The highest BCUT2D eigenvalue weighted by atomic mass is 79.9. The molecule has 1 aliphatic heterocycles. The smallest absolute Gasteiger partial charge is 0.234 e. The van der Waals surface area contributed by atoms with E-state index in [-0.39, 0.29) is 18.8 Å². The summed E-state index contributed by atoms with van der Waals surface area (Å²) in [6.45, 7) is 0.464. The number of amides is 1. The Morgan fingerprint density at radius 2 is 2.22 bits per heavy atom. The Labute approximate surface area is 112 Å². The van der Waals surface area contributed by atoms with Crippen molar-refractivity contribution in [3.8, 4) is 0 Å². The van der Waals surface area contributed by atoms with Gasteiger partial charge in [-0.25, -0.2) is 8.78 Å². The van der Waals surface area contributed by atoms with E-state index in [1.54, 1.807) is 11.0 Å². The number of hydrogen-bond donors (Lipinski definition) is 1. The van der Waals surface area contributed by atoms with Gasteiger partial charge in [0.25, 0.3) is 0 Å². The lowest BCUT2D eigenvalue weighted by Crippen LogP contribution is -2.39. The second-order valence-corrected chi connectivity index (χ2v) is 5.37. The molecule has 1 aliphatic rings. The molecule has 2 atom stereocenters. The molecule has 0 unspecified atom stereocenters. The molecule has 0 radical (unpaired) electrons. The lowest BCUT2D eigenvalue weighted by molar-refractivity contribution is -0.122. The van der Waals surface area contributed by atoms with Crippen LogP contribution in [0.25, 0.3) is 0 Å². The van der Waals surface area contributed by atoms with Gasteiger partial charge in [0, 0.05) is 24.0 Å². The van der Waals surface area contributed by atoms with Crippen LogP contribution < -0.4 is 5.73 Å². The molecule has 2 rings (SSSR count). The number of carbonyl (C=O) groups is 1. The van der Waals surface area contributed by atoms with Crippen molar-refractivity contribution < 1.29 is 13.6 Å². The van der Waals surface area contributed by atoms with E-state index in [9.17, 15) is 13.6 Å². The van der Waals surface area contributed by atoms with Crippen LogP contribution in [0.1, 0.15) is 12.0 Å². The molecule has 2 N–H and O–H groups in total. The molecule has 0 aliphatic carbocycles. The third-order valence-electron chi connectivity index (χ3n) is 2.99. The predicted octanol–water partition coefficient (Wildman–Crippen LogP) is 1.99. The molecule has 1 amide bonds. The first-order valence-corrected chi connectivity index (χ1v) is 6.37. The number of halogens is 3. The Morgan fingerprint density at radius 3 is 2.83 bits per heavy atom. The van der Waals surface area contributed by atoms with E-state index in [1.165, 1.54) is 12.1 Å². The Hall–Kier alpha value is -1.01. The average Bonchev–Trinajstić information content (AvgIpc) is 2.57. The summed E-state index contributed by atoms with van der Waals surface area (Å²) in [7, 11) is 0. The first kappa shape index (κ1) is 13.4. The van der Waals surface area contributed by atoms with Gasteiger partial charge in [0.15, 0.2) is 0 Å². The standard InChI is InChI=1S/C12H13BrF2N2O/c13-8-1-7(2-9(14)3-8)5-17-6-10(15)4-11(17)12(16)18/h1-3,10-11H,4-6H2,(H2,16,18)/t10-,11+/m1/s1. The molecule has 0 saturated carbocycles. The van der Waals surface area contributed by atoms with Gasteiger partial charge in [-0.2, -0.15) is 0 Å². The van der Waals surface area contributed by atoms with E-state index in [0.717, 1.165) is 0 Å². The number of rotatable bonds is 3. The van der Waals surface area contributed by atoms with Crippen LogP contribution in [0.4, 0.5) is 8.78 Å². The summed E-state index contributed by atoms with van der Waals surface area (Å²) in [5, 5.41) is 0. The molecule has 6 heteroatoms. The molecule has 1 aromatic rings. The van der Waals surface area contributed by atoms with Crippen molar-refractivity contribution in [3.05, 3.63) is 34.1 Å². The topological polar surface area (TPSA) is 46.3 Å². The largest absolute Gasteiger partial charge is 0.368 e. The molecule has 1 aromatic carbocycles. The van der Waals surface area contributed by atoms with Crippen LogP contribution in [0.3, 0.4) is 0 Å². The number of likely N-dealkylation sites (tertiary alicyclic amines) is 1. The fourth-order valence-electron chi connectivity index (χ4n) is 2.26. The number of primary amides is 1. The minimum atomic E-state index is -1.06. The molecule has 1 saturated heterocycles. The third-order valence-corrected chi connectivity index (χ3v) is 3.45. The second-order valence-electron chi connectivity index (χ2n) is 4.46. The van der Waals surface area contributed by atoms with Crippen molar-refractivity contribution >= 4 is 21.8 Å². The SMILES string of the molecule is NC(=O)[C@@H]1C[C@@H](F)CN1Cc1cc(F)cc(Br)c1. The van der Waals surface area contributed by atoms with Crippen molar-refractivity contribution in [1.82, 2.24) is 4.90 Å². The summed E-state index contributed by atoms with van der Waals surface area (Å²) in [5.41, 5.74) is 5.92. The highest BCUT2D eigenvalue weighted by Crippen LogP contribution is 2.24. The van der Waals surface area contributed by atoms with Gasteiger partial charge in [-0.3, -0.25) is 9.69 Å². The van der Waals surface area contributed by atoms with Gasteiger partial charge in [0.2, 0.25) is 5.91 Å². The first-order valence-electron chi connectivity index (χ1n) is 5.58. The van der Waals surface area contributed by atoms with Crippen LogP contribution in [0, 0.1) is 5.82 Å². The molecular weight excluding hydrogens is 306 g/mol. The van der Waals surface area contributed by atoms with Crippen molar-refractivity contribution in [2.24, 2.45) is 5.73 Å². The van der Waals surface area contributed by atoms with Gasteiger partial charge in [0.05, 0.1) is 6.04 Å². The van der Waals surface area contributed by atoms with Crippen LogP contribution in [0.5, 0.6) is 0 Å². The fourth-order valence-corrected chi connectivity index (χ4v) is 2.77. The summed E-state index contributed by atoms with van der Waals surface area (Å²) in [6.07, 6.45) is -0.939. The quantitative estimate of drug-likeness (QED) is 0.926. The molecule has 98 valence electrons. The van der Waals surface area contributed by atoms with Crippen molar-refractivity contribution in [1.29, 1.82) is 0 Å². The summed E-state index contributed by atoms with van der Waals surface area (Å²) in [5.74, 6) is -0.906. The molecular formula is C12H13BrF2N2O. The first-order chi connectivity index (χ1) is 8.45. The van der Waals surface area contributed by atoms with E-state index in [0.29, 0.717) is 16.6 Å². The zero-order valence-corrected chi connectivity index (χ0v) is 11.2. The zero-order valence-electron chi connectivity index (χ0n) is 9.57. The van der Waals surface area contributed by atoms with E-state index in [2.05, 4.69) is 15.9 Å². The summed E-state index contributed by atoms with van der Waals surface area (Å²) >= 11 is 3.19. The minimum Gasteiger partial charge on any atom is -0.368 e. The molecule has 3 nitrogen and oxygen atoms in total. The lowest BCUT2D eigenvalue weighted by Gasteiger charge is -2.21. The van der Waals surface area contributed by atoms with E-state index < -0.39 is 18.1 Å². The number of benzene rings is 1. The third kappa shape index (κ3) is 3.05. The van der Waals surface area contributed by atoms with E-state index >= 15 is 0 Å². The van der Waals surface area contributed by atoms with Crippen LogP contribution in [-0.4, -0.2) is 29.6 Å². The van der Waals surface area contributed by atoms with Gasteiger partial charge in [0.1, 0.15) is 12.0 Å². The monoisotopic (exact) mass is 318 g/mol. The molecule has 1 fully saturated rings. The second kappa shape index (κ2) is 5.32. The van der Waals surface area contributed by atoms with Crippen LogP contribution >= 0.6 is 15.9 Å². The van der Waals surface area contributed by atoms with Gasteiger partial charge < -0.3 is 5.73 Å². The van der Waals surface area contributed by atoms with E-state index in [1.807, 2.05) is 0 Å². The maximum absolute atomic E-state index is 13.3. The number of nitrogens with zero attached hydrogens (tertiary/aromatic N) is 1. The maximum atomic E-state index is 13.3. The summed E-state index contributed by atoms with van der Waals surface area (Å²) < 4.78 is 27.1. The Kier molecular flexibility index (Phi) is 3.97. The number of carbonyl (C=O) groups excluding carboxylic acids is 1. The Bertz CT molecular complexity index is 449. The molecule has 0 aromatic heterocycles. The molecule has 18 heavy (non-hydrogen) atoms. The minimum absolute atomic E-state index is 0.117. The maximum Gasteiger partial charge on any atom is 0.234 e. The van der Waals surface area contributed by atoms with Crippen LogP contribution in [-0.2, 0) is 11.3 Å². The number of hydrogen-bond acceptors (Lipinski definition) is 2. The van der Waals surface area contributed by atoms with Gasteiger partial charge in [-0.1, -0.05) is 15.9 Å². The van der Waals surface area contributed by atoms with Gasteiger partial charge >= 0.3 is 0 Å². The Balaban J connectivity index is 2.14. The number of nitrogens with two attached hydrogens (primary N) is 1. The normalized spacial score (nSPS) is 24.4. The summed E-state index contributed by atoms with van der Waals surface area (Å²) in [4.78, 5) is 12.9. The van der Waals surface area contributed by atoms with Gasteiger partial charge in [-0.05, 0) is 23.8 Å². The van der Waals surface area contributed by atoms with Gasteiger partial charge in [-0.15, -0.1) is 0 Å².